The van der Waals surface area contributed by atoms with Gasteiger partial charge in [0.2, 0.25) is 5.60 Å². The van der Waals surface area contributed by atoms with E-state index in [0.717, 1.165) is 0 Å². The minimum atomic E-state index is -5.11. The zero-order chi connectivity index (χ0) is 14.3. The van der Waals surface area contributed by atoms with Gasteiger partial charge in [-0.05, 0) is 12.1 Å². The number of nitrogens with zero attached hydrogens (tertiary/aromatic N) is 1. The molecule has 0 amide bonds. The van der Waals surface area contributed by atoms with Crippen LogP contribution in [0, 0.1) is 0 Å². The van der Waals surface area contributed by atoms with Crippen LogP contribution in [0.1, 0.15) is 11.4 Å². The Kier molecular flexibility index (Phi) is 3.23. The van der Waals surface area contributed by atoms with Crippen LogP contribution in [0.15, 0.2) is 24.3 Å². The lowest BCUT2D eigenvalue weighted by Gasteiger charge is -2.26. The molecule has 0 aliphatic rings. The molecule has 4 nitrogen and oxygen atoms in total. The molecule has 19 heavy (non-hydrogen) atoms. The Morgan fingerprint density at radius 1 is 1.32 bits per heavy atom. The number of aliphatic carboxylic acids is 1. The van der Waals surface area contributed by atoms with Gasteiger partial charge in [-0.2, -0.15) is 13.2 Å². The lowest BCUT2D eigenvalue weighted by Crippen LogP contribution is -2.44. The molecule has 1 atom stereocenters. The molecular formula is C11H8F3NO3S. The zero-order valence-electron chi connectivity index (χ0n) is 9.31. The van der Waals surface area contributed by atoms with Crippen LogP contribution in [0.3, 0.4) is 0 Å². The average molecular weight is 291 g/mol. The number of aliphatic hydroxyl groups is 1. The molecule has 1 aromatic heterocycles. The Morgan fingerprint density at radius 2 is 1.95 bits per heavy atom. The summed E-state index contributed by atoms with van der Waals surface area (Å²) in [5, 5.41) is 17.6. The van der Waals surface area contributed by atoms with Gasteiger partial charge in [0.15, 0.2) is 0 Å². The monoisotopic (exact) mass is 291 g/mol. The number of halogens is 3. The smallest absolute Gasteiger partial charge is 0.424 e. The lowest BCUT2D eigenvalue weighted by atomic mass is 10.00. The van der Waals surface area contributed by atoms with Crippen molar-refractivity contribution in [2.24, 2.45) is 0 Å². The first-order valence-corrected chi connectivity index (χ1v) is 5.92. The number of benzene rings is 1. The minimum absolute atomic E-state index is 0.288. The molecule has 1 heterocycles. The summed E-state index contributed by atoms with van der Waals surface area (Å²) < 4.78 is 39.2. The van der Waals surface area contributed by atoms with Crippen molar-refractivity contribution in [1.82, 2.24) is 4.98 Å². The number of fused-ring (bicyclic) bond motifs is 1. The maximum atomic E-state index is 12.9. The highest BCUT2D eigenvalue weighted by atomic mass is 32.1. The summed E-state index contributed by atoms with van der Waals surface area (Å²) in [6, 6.07) is 6.25. The van der Waals surface area contributed by atoms with Gasteiger partial charge in [-0.15, -0.1) is 11.3 Å². The van der Waals surface area contributed by atoms with Crippen LogP contribution in [0.4, 0.5) is 13.2 Å². The number of alkyl halides is 3. The maximum Gasteiger partial charge on any atom is 0.424 e. The highest BCUT2D eigenvalue weighted by Crippen LogP contribution is 2.44. The summed E-state index contributed by atoms with van der Waals surface area (Å²) in [7, 11) is 0. The molecule has 0 aliphatic carbocycles. The topological polar surface area (TPSA) is 70.4 Å². The first kappa shape index (κ1) is 13.8. The highest BCUT2D eigenvalue weighted by molar-refractivity contribution is 7.18. The second-order valence-corrected chi connectivity index (χ2v) is 4.95. The number of thiazole rings is 1. The van der Waals surface area contributed by atoms with Gasteiger partial charge < -0.3 is 10.2 Å². The Balaban J connectivity index is 2.57. The molecule has 8 heteroatoms. The fraction of sp³-hybridized carbons (Fsp3) is 0.273. The van der Waals surface area contributed by atoms with Crippen LogP contribution in [-0.2, 0) is 10.4 Å². The third kappa shape index (κ3) is 2.41. The molecule has 0 spiro atoms. The Morgan fingerprint density at radius 3 is 2.47 bits per heavy atom. The van der Waals surface area contributed by atoms with E-state index in [1.807, 2.05) is 0 Å². The van der Waals surface area contributed by atoms with Gasteiger partial charge in [0.1, 0.15) is 5.01 Å². The second-order valence-electron chi connectivity index (χ2n) is 3.92. The average Bonchev–Trinajstić information content (AvgIpc) is 2.70. The molecule has 2 aromatic rings. The molecule has 0 aliphatic heterocycles. The minimum Gasteiger partial charge on any atom is -0.481 e. The number of carboxylic acid groups (broad SMARTS) is 1. The second kappa shape index (κ2) is 4.46. The molecule has 0 bridgehead atoms. The van der Waals surface area contributed by atoms with E-state index in [9.17, 15) is 23.1 Å². The molecule has 0 unspecified atom stereocenters. The number of hydrogen-bond donors (Lipinski definition) is 2. The first-order valence-electron chi connectivity index (χ1n) is 5.11. The van der Waals surface area contributed by atoms with Crippen molar-refractivity contribution >= 4 is 27.5 Å². The van der Waals surface area contributed by atoms with E-state index >= 15 is 0 Å². The van der Waals surface area contributed by atoms with Crippen LogP contribution >= 0.6 is 11.3 Å². The van der Waals surface area contributed by atoms with Gasteiger partial charge in [0.05, 0.1) is 16.6 Å². The third-order valence-corrected chi connectivity index (χ3v) is 3.71. The summed E-state index contributed by atoms with van der Waals surface area (Å²) >= 11 is 0.629. The van der Waals surface area contributed by atoms with Gasteiger partial charge in [0.25, 0.3) is 0 Å². The molecular weight excluding hydrogens is 283 g/mol. The van der Waals surface area contributed by atoms with E-state index in [4.69, 9.17) is 5.11 Å². The van der Waals surface area contributed by atoms with Crippen LogP contribution in [-0.4, -0.2) is 27.3 Å². The van der Waals surface area contributed by atoms with E-state index in [2.05, 4.69) is 4.98 Å². The van der Waals surface area contributed by atoms with Crippen molar-refractivity contribution in [3.8, 4) is 0 Å². The van der Waals surface area contributed by atoms with Crippen molar-refractivity contribution in [3.63, 3.8) is 0 Å². The number of rotatable bonds is 3. The molecule has 0 saturated heterocycles. The molecule has 102 valence electrons. The summed E-state index contributed by atoms with van der Waals surface area (Å²) in [5.41, 5.74) is -3.18. The van der Waals surface area contributed by atoms with E-state index < -0.39 is 29.2 Å². The zero-order valence-corrected chi connectivity index (χ0v) is 10.1. The normalized spacial score (nSPS) is 15.4. The Bertz CT molecular complexity index is 592. The number of hydrogen-bond acceptors (Lipinski definition) is 4. The van der Waals surface area contributed by atoms with E-state index in [0.29, 0.717) is 16.0 Å². The quantitative estimate of drug-likeness (QED) is 0.911. The summed E-state index contributed by atoms with van der Waals surface area (Å²) in [6.07, 6.45) is -6.59. The SMILES string of the molecule is O=C(O)C[C@@](O)(c1nc2ccccc2s1)C(F)(F)F. The van der Waals surface area contributed by atoms with Crippen LogP contribution in [0.25, 0.3) is 10.2 Å². The van der Waals surface area contributed by atoms with Crippen LogP contribution in [0.2, 0.25) is 0 Å². The number of aromatic nitrogens is 1. The molecule has 2 rings (SSSR count). The molecule has 0 fully saturated rings. The molecule has 2 N–H and O–H groups in total. The van der Waals surface area contributed by atoms with E-state index in [1.165, 1.54) is 6.07 Å². The maximum absolute atomic E-state index is 12.9. The Labute approximate surface area is 109 Å². The Hall–Kier alpha value is -1.67. The molecule has 0 radical (unpaired) electrons. The highest BCUT2D eigenvalue weighted by Gasteiger charge is 2.58. The van der Waals surface area contributed by atoms with Gasteiger partial charge in [-0.3, -0.25) is 4.79 Å². The van der Waals surface area contributed by atoms with Crippen molar-refractivity contribution in [2.75, 3.05) is 0 Å². The van der Waals surface area contributed by atoms with Gasteiger partial charge in [0, 0.05) is 0 Å². The van der Waals surface area contributed by atoms with E-state index in [1.54, 1.807) is 18.2 Å². The summed E-state index contributed by atoms with van der Waals surface area (Å²) in [6.45, 7) is 0. The van der Waals surface area contributed by atoms with Crippen molar-refractivity contribution in [2.45, 2.75) is 18.2 Å². The van der Waals surface area contributed by atoms with Crippen molar-refractivity contribution < 1.29 is 28.2 Å². The predicted molar refractivity (Wildman–Crippen MR) is 61.8 cm³/mol. The summed E-state index contributed by atoms with van der Waals surface area (Å²) in [5.74, 6) is -1.75. The lowest BCUT2D eigenvalue weighted by molar-refractivity contribution is -0.269. The standard InChI is InChI=1S/C11H8F3NO3S/c12-11(13,14)10(18,5-8(16)17)9-15-6-3-1-2-4-7(6)19-9/h1-4,18H,5H2,(H,16,17)/t10-/m1/s1. The van der Waals surface area contributed by atoms with Crippen molar-refractivity contribution in [1.29, 1.82) is 0 Å². The summed E-state index contributed by atoms with van der Waals surface area (Å²) in [4.78, 5) is 14.3. The van der Waals surface area contributed by atoms with Gasteiger partial charge in [-0.25, -0.2) is 4.98 Å². The molecule has 0 saturated carbocycles. The predicted octanol–water partition coefficient (Wildman–Crippen LogP) is 2.52. The first-order chi connectivity index (χ1) is 8.74. The van der Waals surface area contributed by atoms with Gasteiger partial charge >= 0.3 is 12.1 Å². The van der Waals surface area contributed by atoms with E-state index in [-0.39, 0.29) is 5.52 Å². The van der Waals surface area contributed by atoms with Crippen LogP contribution < -0.4 is 0 Å². The largest absolute Gasteiger partial charge is 0.481 e. The van der Waals surface area contributed by atoms with Crippen molar-refractivity contribution in [3.05, 3.63) is 29.3 Å². The fourth-order valence-corrected chi connectivity index (χ4v) is 2.64. The van der Waals surface area contributed by atoms with Crippen LogP contribution in [0.5, 0.6) is 0 Å². The third-order valence-electron chi connectivity index (χ3n) is 2.52. The van der Waals surface area contributed by atoms with Gasteiger partial charge in [-0.1, -0.05) is 12.1 Å². The molecule has 1 aromatic carbocycles. The fourth-order valence-electron chi connectivity index (χ4n) is 1.57. The number of para-hydroxylation sites is 1. The number of carboxylic acids is 1. The number of carbonyl (C=O) groups is 1.